The summed E-state index contributed by atoms with van der Waals surface area (Å²) < 4.78 is 37.6. The van der Waals surface area contributed by atoms with E-state index in [-0.39, 0.29) is 29.2 Å². The van der Waals surface area contributed by atoms with Crippen molar-refractivity contribution in [3.05, 3.63) is 43.0 Å². The molecular weight excluding hydrogens is 520 g/mol. The van der Waals surface area contributed by atoms with E-state index in [9.17, 15) is 13.2 Å². The Hall–Kier alpha value is -1.86. The largest absolute Gasteiger partial charge is 0.460 e. The number of para-hydroxylation sites is 1. The second-order valence-corrected chi connectivity index (χ2v) is 15.4. The smallest absolute Gasteiger partial charge is 0.329 e. The molecule has 2 bridgehead atoms. The van der Waals surface area contributed by atoms with Crippen molar-refractivity contribution < 1.29 is 17.9 Å². The Bertz CT molecular complexity index is 1110. The topological polar surface area (TPSA) is 75.7 Å². The molecule has 40 heavy (non-hydrogen) atoms. The lowest BCUT2D eigenvalue weighted by Crippen LogP contribution is -2.55. The Balaban J connectivity index is 1.40. The SMILES string of the molecule is C=CC[C@@H](Nc1ccccc1)C(=O)O[C@@H]1C[C@H]2CC[C@]1(CS(=O)(=O)N(C1CCCCC1)C1CCCCC1)C2(C)C. The predicted molar refractivity (Wildman–Crippen MR) is 161 cm³/mol. The third-order valence-corrected chi connectivity index (χ3v) is 13.2. The number of nitrogens with one attached hydrogen (secondary N) is 1. The molecule has 1 aromatic rings. The van der Waals surface area contributed by atoms with Crippen LogP contribution in [-0.4, -0.2) is 48.7 Å². The second kappa shape index (κ2) is 12.2. The molecule has 0 spiro atoms. The number of rotatable bonds is 11. The van der Waals surface area contributed by atoms with E-state index in [0.717, 1.165) is 76.3 Å². The van der Waals surface area contributed by atoms with Crippen molar-refractivity contribution in [2.45, 2.75) is 128 Å². The summed E-state index contributed by atoms with van der Waals surface area (Å²) in [4.78, 5) is 13.6. The minimum Gasteiger partial charge on any atom is -0.460 e. The van der Waals surface area contributed by atoms with E-state index < -0.39 is 27.6 Å². The van der Waals surface area contributed by atoms with Gasteiger partial charge in [0.1, 0.15) is 12.1 Å². The van der Waals surface area contributed by atoms with Crippen LogP contribution in [0.25, 0.3) is 0 Å². The van der Waals surface area contributed by atoms with Crippen LogP contribution in [0.4, 0.5) is 5.69 Å². The quantitative estimate of drug-likeness (QED) is 0.227. The summed E-state index contributed by atoms with van der Waals surface area (Å²) in [6, 6.07) is 9.35. The fourth-order valence-corrected chi connectivity index (χ4v) is 11.5. The monoisotopic (exact) mass is 570 g/mol. The van der Waals surface area contributed by atoms with Crippen LogP contribution < -0.4 is 5.32 Å². The third-order valence-electron chi connectivity index (χ3n) is 11.0. The predicted octanol–water partition coefficient (Wildman–Crippen LogP) is 7.08. The molecule has 1 N–H and O–H groups in total. The van der Waals surface area contributed by atoms with Gasteiger partial charge in [0.2, 0.25) is 10.0 Å². The Morgan fingerprint density at radius 3 is 2.17 bits per heavy atom. The number of ether oxygens (including phenoxy) is 1. The zero-order valence-corrected chi connectivity index (χ0v) is 25.5. The molecular formula is C33H50N2O4S. The summed E-state index contributed by atoms with van der Waals surface area (Å²) in [5, 5.41) is 3.31. The normalized spacial score (nSPS) is 29.8. The van der Waals surface area contributed by atoms with Crippen LogP contribution in [0.3, 0.4) is 0 Å². The van der Waals surface area contributed by atoms with Gasteiger partial charge in [0, 0.05) is 23.2 Å². The average molecular weight is 571 g/mol. The summed E-state index contributed by atoms with van der Waals surface area (Å²) in [5.74, 6) is 0.135. The lowest BCUT2D eigenvalue weighted by atomic mass is 9.69. The fraction of sp³-hybridized carbons (Fsp3) is 0.727. The molecule has 0 unspecified atom stereocenters. The molecule has 5 rings (SSSR count). The molecule has 0 aromatic heterocycles. The molecule has 7 heteroatoms. The average Bonchev–Trinajstić information content (AvgIpc) is 3.29. The van der Waals surface area contributed by atoms with Crippen LogP contribution in [0.5, 0.6) is 0 Å². The molecule has 6 nitrogen and oxygen atoms in total. The van der Waals surface area contributed by atoms with Gasteiger partial charge in [0.15, 0.2) is 0 Å². The highest BCUT2D eigenvalue weighted by atomic mass is 32.2. The van der Waals surface area contributed by atoms with Crippen molar-refractivity contribution in [2.24, 2.45) is 16.7 Å². The number of anilines is 1. The van der Waals surface area contributed by atoms with Gasteiger partial charge in [-0.05, 0) is 74.8 Å². The van der Waals surface area contributed by atoms with Gasteiger partial charge >= 0.3 is 5.97 Å². The Kier molecular flexibility index (Phi) is 9.01. The van der Waals surface area contributed by atoms with Gasteiger partial charge in [-0.25, -0.2) is 13.2 Å². The molecule has 0 radical (unpaired) electrons. The summed E-state index contributed by atoms with van der Waals surface area (Å²) >= 11 is 0. The third kappa shape index (κ3) is 5.74. The minimum absolute atomic E-state index is 0.0900. The van der Waals surface area contributed by atoms with E-state index in [1.54, 1.807) is 6.08 Å². The van der Waals surface area contributed by atoms with Crippen LogP contribution >= 0.6 is 0 Å². The van der Waals surface area contributed by atoms with Gasteiger partial charge in [-0.1, -0.05) is 76.6 Å². The number of sulfonamides is 1. The highest BCUT2D eigenvalue weighted by molar-refractivity contribution is 7.89. The Morgan fingerprint density at radius 2 is 1.62 bits per heavy atom. The van der Waals surface area contributed by atoms with E-state index in [1.165, 1.54) is 12.8 Å². The Morgan fingerprint density at radius 1 is 1.02 bits per heavy atom. The van der Waals surface area contributed by atoms with E-state index in [4.69, 9.17) is 4.74 Å². The molecule has 0 saturated heterocycles. The molecule has 4 aliphatic rings. The molecule has 4 atom stereocenters. The number of benzene rings is 1. The van der Waals surface area contributed by atoms with Gasteiger partial charge in [0.05, 0.1) is 5.75 Å². The van der Waals surface area contributed by atoms with Crippen molar-refractivity contribution >= 4 is 21.7 Å². The van der Waals surface area contributed by atoms with Crippen LogP contribution in [-0.2, 0) is 19.6 Å². The molecule has 0 heterocycles. The van der Waals surface area contributed by atoms with Crippen LogP contribution in [0, 0.1) is 16.7 Å². The van der Waals surface area contributed by atoms with Crippen LogP contribution in [0.2, 0.25) is 0 Å². The van der Waals surface area contributed by atoms with Gasteiger partial charge < -0.3 is 10.1 Å². The molecule has 0 aliphatic heterocycles. The number of nitrogens with zero attached hydrogens (tertiary/aromatic N) is 1. The number of hydrogen-bond donors (Lipinski definition) is 1. The van der Waals surface area contributed by atoms with Gasteiger partial charge in [-0.3, -0.25) is 0 Å². The van der Waals surface area contributed by atoms with Crippen molar-refractivity contribution in [1.82, 2.24) is 4.31 Å². The summed E-state index contributed by atoms with van der Waals surface area (Å²) in [7, 11) is -3.56. The first-order chi connectivity index (χ1) is 19.2. The molecule has 4 fully saturated rings. The van der Waals surface area contributed by atoms with Crippen LogP contribution in [0.15, 0.2) is 43.0 Å². The molecule has 1 aromatic carbocycles. The number of fused-ring (bicyclic) bond motifs is 2. The van der Waals surface area contributed by atoms with E-state index in [2.05, 4.69) is 25.7 Å². The second-order valence-electron chi connectivity index (χ2n) is 13.5. The van der Waals surface area contributed by atoms with Gasteiger partial charge in [-0.15, -0.1) is 6.58 Å². The maximum atomic E-state index is 14.6. The number of esters is 1. The summed E-state index contributed by atoms with van der Waals surface area (Å²) in [6.45, 7) is 8.31. The number of hydrogen-bond acceptors (Lipinski definition) is 5. The summed E-state index contributed by atoms with van der Waals surface area (Å²) in [6.07, 6.45) is 15.1. The number of carbonyl (C=O) groups is 1. The van der Waals surface area contributed by atoms with Gasteiger partial charge in [-0.2, -0.15) is 4.31 Å². The van der Waals surface area contributed by atoms with Crippen molar-refractivity contribution in [3.63, 3.8) is 0 Å². The first-order valence-electron chi connectivity index (χ1n) is 15.8. The maximum absolute atomic E-state index is 14.6. The van der Waals surface area contributed by atoms with Crippen molar-refractivity contribution in [3.8, 4) is 0 Å². The molecule has 4 aliphatic carbocycles. The minimum atomic E-state index is -3.56. The Labute approximate surface area is 242 Å². The lowest BCUT2D eigenvalue weighted by Gasteiger charge is -2.46. The first-order valence-corrected chi connectivity index (χ1v) is 17.4. The molecule has 4 saturated carbocycles. The zero-order valence-electron chi connectivity index (χ0n) is 24.7. The summed E-state index contributed by atoms with van der Waals surface area (Å²) in [5.41, 5.74) is 0.0722. The van der Waals surface area contributed by atoms with Gasteiger partial charge in [0.25, 0.3) is 0 Å². The highest BCUT2D eigenvalue weighted by Gasteiger charge is 2.67. The van der Waals surface area contributed by atoms with Crippen molar-refractivity contribution in [1.29, 1.82) is 0 Å². The van der Waals surface area contributed by atoms with E-state index >= 15 is 0 Å². The van der Waals surface area contributed by atoms with E-state index in [0.29, 0.717) is 12.3 Å². The highest BCUT2D eigenvalue weighted by Crippen LogP contribution is 2.67. The van der Waals surface area contributed by atoms with Crippen LogP contribution in [0.1, 0.15) is 104 Å². The zero-order chi connectivity index (χ0) is 28.4. The fourth-order valence-electron chi connectivity index (χ4n) is 8.67. The number of carbonyl (C=O) groups excluding carboxylic acids is 1. The molecule has 0 amide bonds. The molecule has 222 valence electrons. The van der Waals surface area contributed by atoms with Crippen molar-refractivity contribution in [2.75, 3.05) is 11.1 Å². The lowest BCUT2D eigenvalue weighted by molar-refractivity contribution is -0.157. The van der Waals surface area contributed by atoms with E-state index in [1.807, 2.05) is 34.6 Å². The maximum Gasteiger partial charge on any atom is 0.329 e. The standard InChI is InChI=1S/C33H50N2O4S/c1-4-14-29(34-26-15-8-5-9-16-26)31(36)39-30-23-25-21-22-33(30,32(25,2)3)24-40(37,38)35(27-17-10-6-11-18-27)28-19-12-7-13-20-28/h4-5,8-9,15-16,25,27-30,34H,1,6-7,10-14,17-24H2,2-3H3/t25-,29-,30-,33-/m1/s1. The first kappa shape index (κ1) is 29.6.